The number of rotatable bonds is 9. The molecule has 1 atom stereocenters. The van der Waals surface area contributed by atoms with Gasteiger partial charge < -0.3 is 4.90 Å². The average molecular weight is 464 g/mol. The Morgan fingerprint density at radius 3 is 2.21 bits per heavy atom. The number of benzene rings is 2. The van der Waals surface area contributed by atoms with Gasteiger partial charge in [0.05, 0.1) is 6.54 Å². The predicted molar refractivity (Wildman–Crippen MR) is 133 cm³/mol. The molecule has 1 fully saturated rings. The van der Waals surface area contributed by atoms with Crippen LogP contribution in [0, 0.1) is 0 Å². The van der Waals surface area contributed by atoms with Crippen LogP contribution in [0.5, 0.6) is 0 Å². The summed E-state index contributed by atoms with van der Waals surface area (Å²) in [4.78, 5) is 17.9. The molecule has 1 aliphatic rings. The van der Waals surface area contributed by atoms with Gasteiger partial charge in [0.2, 0.25) is 5.91 Å². The van der Waals surface area contributed by atoms with Crippen LogP contribution < -0.4 is 0 Å². The lowest BCUT2D eigenvalue weighted by molar-refractivity contribution is -0.130. The highest BCUT2D eigenvalue weighted by molar-refractivity contribution is 8.00. The number of hydrogen-bond donors (Lipinski definition) is 0. The van der Waals surface area contributed by atoms with Crippen LogP contribution in [0.15, 0.2) is 65.8 Å². The van der Waals surface area contributed by atoms with E-state index >= 15 is 0 Å². The topological polar surface area (TPSA) is 54.3 Å². The van der Waals surface area contributed by atoms with E-state index in [0.717, 1.165) is 41.9 Å². The van der Waals surface area contributed by atoms with Crippen LogP contribution in [0.25, 0.3) is 5.69 Å². The Morgan fingerprint density at radius 1 is 0.939 bits per heavy atom. The number of piperidine rings is 1. The quantitative estimate of drug-likeness (QED) is 0.420. The number of para-hydroxylation sites is 1. The Hall–Kier alpha value is -2.64. The van der Waals surface area contributed by atoms with Crippen molar-refractivity contribution in [1.82, 2.24) is 24.6 Å². The molecule has 7 heteroatoms. The molecule has 0 aliphatic carbocycles. The molecule has 0 radical (unpaired) electrons. The first kappa shape index (κ1) is 23.5. The van der Waals surface area contributed by atoms with E-state index in [1.165, 1.54) is 31.0 Å². The van der Waals surface area contributed by atoms with Gasteiger partial charge in [0.25, 0.3) is 0 Å². The van der Waals surface area contributed by atoms with Gasteiger partial charge in [-0.1, -0.05) is 66.7 Å². The zero-order valence-corrected chi connectivity index (χ0v) is 20.4. The molecule has 0 N–H and O–H groups in total. The van der Waals surface area contributed by atoms with Gasteiger partial charge in [-0.05, 0) is 57.5 Å². The summed E-state index contributed by atoms with van der Waals surface area (Å²) in [6.45, 7) is 8.38. The fraction of sp³-hybridized carbons (Fsp3) is 0.423. The van der Waals surface area contributed by atoms with Crippen LogP contribution in [-0.4, -0.2) is 56.7 Å². The van der Waals surface area contributed by atoms with Crippen molar-refractivity contribution >= 4 is 17.7 Å². The summed E-state index contributed by atoms with van der Waals surface area (Å²) in [6.07, 6.45) is 3.76. The Morgan fingerprint density at radius 2 is 1.58 bits per heavy atom. The summed E-state index contributed by atoms with van der Waals surface area (Å²) >= 11 is 1.49. The summed E-state index contributed by atoms with van der Waals surface area (Å²) in [5.74, 6) is 1.03. The highest BCUT2D eigenvalue weighted by atomic mass is 32.2. The number of hydrogen-bond acceptors (Lipinski definition) is 5. The number of thioether (sulfide) groups is 1. The summed E-state index contributed by atoms with van der Waals surface area (Å²) in [7, 11) is 0. The molecule has 2 aromatic carbocycles. The van der Waals surface area contributed by atoms with Gasteiger partial charge in [-0.25, -0.2) is 0 Å². The number of carbonyl (C=O) groups is 1. The first-order valence-corrected chi connectivity index (χ1v) is 12.8. The number of aromatic nitrogens is 3. The zero-order chi connectivity index (χ0) is 23.0. The first-order valence-electron chi connectivity index (χ1n) is 11.9. The number of carbonyl (C=O) groups excluding carboxylic acids is 1. The maximum atomic E-state index is 13.5. The van der Waals surface area contributed by atoms with Crippen molar-refractivity contribution < 1.29 is 4.79 Å². The molecule has 0 saturated carbocycles. The van der Waals surface area contributed by atoms with E-state index in [1.807, 2.05) is 67.3 Å². The van der Waals surface area contributed by atoms with E-state index in [2.05, 4.69) is 31.8 Å². The van der Waals surface area contributed by atoms with E-state index < -0.39 is 0 Å². The molecule has 0 spiro atoms. The normalized spacial score (nSPS) is 15.3. The summed E-state index contributed by atoms with van der Waals surface area (Å²) in [5.41, 5.74) is 2.01. The van der Waals surface area contributed by atoms with Gasteiger partial charge in [0.1, 0.15) is 5.25 Å². The Labute approximate surface area is 201 Å². The molecule has 2 heterocycles. The van der Waals surface area contributed by atoms with Crippen molar-refractivity contribution in [3.63, 3.8) is 0 Å². The molecule has 174 valence electrons. The van der Waals surface area contributed by atoms with E-state index in [0.29, 0.717) is 13.1 Å². The smallest absolute Gasteiger partial charge is 0.240 e. The molecular formula is C26H33N5OS. The van der Waals surface area contributed by atoms with Gasteiger partial charge in [-0.3, -0.25) is 14.3 Å². The van der Waals surface area contributed by atoms with Gasteiger partial charge >= 0.3 is 0 Å². The molecule has 33 heavy (non-hydrogen) atoms. The SMILES string of the molecule is CCN(CC)C(=O)C(Sc1nnc(CN2CCCCC2)n1-c1ccccc1)c1ccccc1. The lowest BCUT2D eigenvalue weighted by Crippen LogP contribution is -2.34. The van der Waals surface area contributed by atoms with Gasteiger partial charge in [-0.2, -0.15) is 0 Å². The highest BCUT2D eigenvalue weighted by Crippen LogP contribution is 2.37. The number of amides is 1. The van der Waals surface area contributed by atoms with Crippen molar-refractivity contribution in [1.29, 1.82) is 0 Å². The minimum atomic E-state index is -0.374. The van der Waals surface area contributed by atoms with Crippen LogP contribution >= 0.6 is 11.8 Å². The molecule has 0 bridgehead atoms. The third kappa shape index (κ3) is 5.65. The molecular weight excluding hydrogens is 430 g/mol. The van der Waals surface area contributed by atoms with Crippen LogP contribution in [-0.2, 0) is 11.3 Å². The van der Waals surface area contributed by atoms with Gasteiger partial charge in [-0.15, -0.1) is 10.2 Å². The minimum Gasteiger partial charge on any atom is -0.342 e. The van der Waals surface area contributed by atoms with Crippen molar-refractivity contribution in [2.75, 3.05) is 26.2 Å². The lowest BCUT2D eigenvalue weighted by atomic mass is 10.1. The maximum absolute atomic E-state index is 13.5. The van der Waals surface area contributed by atoms with Crippen molar-refractivity contribution in [2.45, 2.75) is 50.1 Å². The molecule has 1 unspecified atom stereocenters. The molecule has 3 aromatic rings. The van der Waals surface area contributed by atoms with Gasteiger partial charge in [0, 0.05) is 18.8 Å². The van der Waals surface area contributed by atoms with E-state index in [1.54, 1.807) is 0 Å². The fourth-order valence-corrected chi connectivity index (χ4v) is 5.49. The van der Waals surface area contributed by atoms with E-state index in [-0.39, 0.29) is 11.2 Å². The third-order valence-electron chi connectivity index (χ3n) is 6.15. The number of likely N-dealkylation sites (tertiary alicyclic amines) is 1. The second-order valence-corrected chi connectivity index (χ2v) is 9.40. The lowest BCUT2D eigenvalue weighted by Gasteiger charge is -2.26. The minimum absolute atomic E-state index is 0.108. The van der Waals surface area contributed by atoms with Crippen molar-refractivity contribution in [2.24, 2.45) is 0 Å². The van der Waals surface area contributed by atoms with Crippen molar-refractivity contribution in [3.05, 3.63) is 72.1 Å². The largest absolute Gasteiger partial charge is 0.342 e. The van der Waals surface area contributed by atoms with E-state index in [9.17, 15) is 4.79 Å². The molecule has 6 nitrogen and oxygen atoms in total. The number of nitrogens with zero attached hydrogens (tertiary/aromatic N) is 5. The van der Waals surface area contributed by atoms with Crippen LogP contribution in [0.4, 0.5) is 0 Å². The molecule has 1 aliphatic heterocycles. The second kappa shape index (κ2) is 11.5. The number of likely N-dealkylation sites (N-methyl/N-ethyl adjacent to an activating group) is 1. The monoisotopic (exact) mass is 463 g/mol. The summed E-state index contributed by atoms with van der Waals surface area (Å²) in [5, 5.41) is 9.58. The Kier molecular flexibility index (Phi) is 8.18. The molecule has 4 rings (SSSR count). The van der Waals surface area contributed by atoms with Crippen LogP contribution in [0.3, 0.4) is 0 Å². The molecule has 1 amide bonds. The molecule has 1 saturated heterocycles. The predicted octanol–water partition coefficient (Wildman–Crippen LogP) is 4.96. The van der Waals surface area contributed by atoms with Crippen LogP contribution in [0.1, 0.15) is 49.7 Å². The first-order chi connectivity index (χ1) is 16.2. The second-order valence-electron chi connectivity index (χ2n) is 8.33. The average Bonchev–Trinajstić information content (AvgIpc) is 3.26. The maximum Gasteiger partial charge on any atom is 0.240 e. The van der Waals surface area contributed by atoms with Crippen molar-refractivity contribution in [3.8, 4) is 5.69 Å². The molecule has 1 aromatic heterocycles. The Bertz CT molecular complexity index is 1010. The zero-order valence-electron chi connectivity index (χ0n) is 19.6. The van der Waals surface area contributed by atoms with Crippen LogP contribution in [0.2, 0.25) is 0 Å². The third-order valence-corrected chi connectivity index (χ3v) is 7.34. The summed E-state index contributed by atoms with van der Waals surface area (Å²) in [6, 6.07) is 20.2. The standard InChI is InChI=1S/C26H33N5OS/c1-3-30(4-2)25(32)24(21-14-8-5-9-15-21)33-26-28-27-23(20-29-18-12-7-13-19-29)31(26)22-16-10-6-11-17-22/h5-6,8-11,14-17,24H,3-4,7,12-13,18-20H2,1-2H3. The van der Waals surface area contributed by atoms with Gasteiger partial charge in [0.15, 0.2) is 11.0 Å². The highest BCUT2D eigenvalue weighted by Gasteiger charge is 2.29. The van der Waals surface area contributed by atoms with E-state index in [4.69, 9.17) is 0 Å². The Balaban J connectivity index is 1.70. The summed E-state index contributed by atoms with van der Waals surface area (Å²) < 4.78 is 2.13. The fourth-order valence-electron chi connectivity index (χ4n) is 4.33.